The van der Waals surface area contributed by atoms with Crippen molar-refractivity contribution in [1.29, 1.82) is 0 Å². The van der Waals surface area contributed by atoms with Gasteiger partial charge in [-0.05, 0) is 66.6 Å². The molecule has 0 fully saturated rings. The SMILES string of the molecule is COc1ccc(CCNC(=O)Nc2ccc3c(c2)CCC3)cc1OC. The third-order valence-corrected chi connectivity index (χ3v) is 4.50. The Kier molecular flexibility index (Phi) is 5.43. The van der Waals surface area contributed by atoms with Gasteiger partial charge in [-0.1, -0.05) is 12.1 Å². The molecule has 0 spiro atoms. The lowest BCUT2D eigenvalue weighted by atomic mass is 10.1. The van der Waals surface area contributed by atoms with Crippen LogP contribution < -0.4 is 20.1 Å². The molecule has 5 nitrogen and oxygen atoms in total. The lowest BCUT2D eigenvalue weighted by Gasteiger charge is -2.11. The largest absolute Gasteiger partial charge is 0.493 e. The number of rotatable bonds is 6. The first kappa shape index (κ1) is 17.1. The summed E-state index contributed by atoms with van der Waals surface area (Å²) in [5.41, 5.74) is 4.68. The summed E-state index contributed by atoms with van der Waals surface area (Å²) in [6, 6.07) is 11.8. The van der Waals surface area contributed by atoms with Crippen LogP contribution in [0.1, 0.15) is 23.1 Å². The van der Waals surface area contributed by atoms with Gasteiger partial charge in [0.2, 0.25) is 0 Å². The second-order valence-corrected chi connectivity index (χ2v) is 6.16. The van der Waals surface area contributed by atoms with Gasteiger partial charge >= 0.3 is 6.03 Å². The van der Waals surface area contributed by atoms with Crippen LogP contribution in [0.4, 0.5) is 10.5 Å². The van der Waals surface area contributed by atoms with Gasteiger partial charge in [-0.2, -0.15) is 0 Å². The van der Waals surface area contributed by atoms with Crippen molar-refractivity contribution in [3.8, 4) is 11.5 Å². The number of amides is 2. The topological polar surface area (TPSA) is 59.6 Å². The number of aryl methyl sites for hydroxylation is 2. The molecule has 0 saturated heterocycles. The Morgan fingerprint density at radius 3 is 2.60 bits per heavy atom. The van der Waals surface area contributed by atoms with E-state index in [0.29, 0.717) is 18.0 Å². The van der Waals surface area contributed by atoms with Gasteiger partial charge in [0.1, 0.15) is 0 Å². The summed E-state index contributed by atoms with van der Waals surface area (Å²) in [6.07, 6.45) is 4.17. The molecule has 2 aromatic rings. The van der Waals surface area contributed by atoms with Crippen LogP contribution in [0.15, 0.2) is 36.4 Å². The molecule has 1 aliphatic rings. The number of ether oxygens (including phenoxy) is 2. The number of carbonyl (C=O) groups is 1. The van der Waals surface area contributed by atoms with Crippen molar-refractivity contribution in [3.63, 3.8) is 0 Å². The molecular formula is C20H24N2O3. The van der Waals surface area contributed by atoms with Gasteiger partial charge in [-0.25, -0.2) is 4.79 Å². The van der Waals surface area contributed by atoms with Gasteiger partial charge in [0.05, 0.1) is 14.2 Å². The Morgan fingerprint density at radius 2 is 1.80 bits per heavy atom. The molecular weight excluding hydrogens is 316 g/mol. The number of hydrogen-bond donors (Lipinski definition) is 2. The number of carbonyl (C=O) groups excluding carboxylic acids is 1. The molecule has 25 heavy (non-hydrogen) atoms. The van der Waals surface area contributed by atoms with Crippen molar-refractivity contribution in [3.05, 3.63) is 53.1 Å². The Bertz CT molecular complexity index is 759. The molecule has 2 amide bonds. The molecule has 0 heterocycles. The predicted octanol–water partition coefficient (Wildman–Crippen LogP) is 3.56. The van der Waals surface area contributed by atoms with Crippen molar-refractivity contribution < 1.29 is 14.3 Å². The number of fused-ring (bicyclic) bond motifs is 1. The van der Waals surface area contributed by atoms with E-state index in [0.717, 1.165) is 30.5 Å². The van der Waals surface area contributed by atoms with Gasteiger partial charge in [0.15, 0.2) is 11.5 Å². The van der Waals surface area contributed by atoms with Gasteiger partial charge in [0.25, 0.3) is 0 Å². The maximum atomic E-state index is 12.1. The molecule has 0 aromatic heterocycles. The highest BCUT2D eigenvalue weighted by molar-refractivity contribution is 5.89. The molecule has 0 saturated carbocycles. The zero-order valence-corrected chi connectivity index (χ0v) is 14.7. The van der Waals surface area contributed by atoms with Crippen molar-refractivity contribution in [2.75, 3.05) is 26.1 Å². The minimum Gasteiger partial charge on any atom is -0.493 e. The van der Waals surface area contributed by atoms with E-state index >= 15 is 0 Å². The summed E-state index contributed by atoms with van der Waals surface area (Å²) in [5.74, 6) is 1.40. The molecule has 0 aliphatic heterocycles. The van der Waals surface area contributed by atoms with Crippen molar-refractivity contribution >= 4 is 11.7 Å². The third-order valence-electron chi connectivity index (χ3n) is 4.50. The Balaban J connectivity index is 1.49. The molecule has 0 radical (unpaired) electrons. The van der Waals surface area contributed by atoms with E-state index in [1.165, 1.54) is 17.5 Å². The number of methoxy groups -OCH3 is 2. The van der Waals surface area contributed by atoms with E-state index in [1.807, 2.05) is 24.3 Å². The molecule has 0 bridgehead atoms. The van der Waals surface area contributed by atoms with E-state index in [1.54, 1.807) is 14.2 Å². The second-order valence-electron chi connectivity index (χ2n) is 6.16. The fourth-order valence-electron chi connectivity index (χ4n) is 3.18. The van der Waals surface area contributed by atoms with Gasteiger partial charge in [0, 0.05) is 12.2 Å². The minimum absolute atomic E-state index is 0.182. The molecule has 1 aliphatic carbocycles. The highest BCUT2D eigenvalue weighted by atomic mass is 16.5. The normalized spacial score (nSPS) is 12.4. The Morgan fingerprint density at radius 1 is 1.00 bits per heavy atom. The van der Waals surface area contributed by atoms with Crippen molar-refractivity contribution in [2.24, 2.45) is 0 Å². The van der Waals surface area contributed by atoms with Crippen LogP contribution >= 0.6 is 0 Å². The monoisotopic (exact) mass is 340 g/mol. The summed E-state index contributed by atoms with van der Waals surface area (Å²) in [6.45, 7) is 0.548. The summed E-state index contributed by atoms with van der Waals surface area (Å²) >= 11 is 0. The van der Waals surface area contributed by atoms with Crippen LogP contribution in [0.25, 0.3) is 0 Å². The number of hydrogen-bond acceptors (Lipinski definition) is 3. The molecule has 2 aromatic carbocycles. The fraction of sp³-hybridized carbons (Fsp3) is 0.350. The predicted molar refractivity (Wildman–Crippen MR) is 98.7 cm³/mol. The van der Waals surface area contributed by atoms with Gasteiger partial charge < -0.3 is 20.1 Å². The molecule has 5 heteroatoms. The number of urea groups is 1. The maximum absolute atomic E-state index is 12.1. The third kappa shape index (κ3) is 4.24. The van der Waals surface area contributed by atoms with E-state index in [2.05, 4.69) is 22.8 Å². The molecule has 3 rings (SSSR count). The summed E-state index contributed by atoms with van der Waals surface area (Å²) in [7, 11) is 3.23. The molecule has 132 valence electrons. The summed E-state index contributed by atoms with van der Waals surface area (Å²) < 4.78 is 10.5. The quantitative estimate of drug-likeness (QED) is 0.845. The number of benzene rings is 2. The molecule has 2 N–H and O–H groups in total. The van der Waals surface area contributed by atoms with E-state index < -0.39 is 0 Å². The maximum Gasteiger partial charge on any atom is 0.319 e. The van der Waals surface area contributed by atoms with E-state index in [4.69, 9.17) is 9.47 Å². The average Bonchev–Trinajstić information content (AvgIpc) is 3.09. The highest BCUT2D eigenvalue weighted by Crippen LogP contribution is 2.27. The zero-order chi connectivity index (χ0) is 17.6. The molecule has 0 atom stereocenters. The minimum atomic E-state index is -0.182. The Hall–Kier alpha value is -2.69. The Labute approximate surface area is 148 Å². The zero-order valence-electron chi connectivity index (χ0n) is 14.7. The van der Waals surface area contributed by atoms with Crippen LogP contribution in [0.3, 0.4) is 0 Å². The lowest BCUT2D eigenvalue weighted by Crippen LogP contribution is -2.30. The van der Waals surface area contributed by atoms with Crippen LogP contribution in [-0.2, 0) is 19.3 Å². The number of nitrogens with one attached hydrogen (secondary N) is 2. The van der Waals surface area contributed by atoms with Crippen LogP contribution in [-0.4, -0.2) is 26.8 Å². The highest BCUT2D eigenvalue weighted by Gasteiger charge is 2.11. The average molecular weight is 340 g/mol. The van der Waals surface area contributed by atoms with E-state index in [9.17, 15) is 4.79 Å². The smallest absolute Gasteiger partial charge is 0.319 e. The van der Waals surface area contributed by atoms with Crippen LogP contribution in [0.2, 0.25) is 0 Å². The second kappa shape index (κ2) is 7.92. The van der Waals surface area contributed by atoms with Gasteiger partial charge in [-0.15, -0.1) is 0 Å². The molecule has 0 unspecified atom stereocenters. The van der Waals surface area contributed by atoms with Gasteiger partial charge in [-0.3, -0.25) is 0 Å². The van der Waals surface area contributed by atoms with Crippen molar-refractivity contribution in [1.82, 2.24) is 5.32 Å². The summed E-state index contributed by atoms with van der Waals surface area (Å²) in [5, 5.41) is 5.80. The summed E-state index contributed by atoms with van der Waals surface area (Å²) in [4.78, 5) is 12.1. The van der Waals surface area contributed by atoms with Crippen LogP contribution in [0.5, 0.6) is 11.5 Å². The lowest BCUT2D eigenvalue weighted by molar-refractivity contribution is 0.252. The fourth-order valence-corrected chi connectivity index (χ4v) is 3.18. The van der Waals surface area contributed by atoms with E-state index in [-0.39, 0.29) is 6.03 Å². The first-order valence-corrected chi connectivity index (χ1v) is 8.57. The first-order chi connectivity index (χ1) is 12.2. The van der Waals surface area contributed by atoms with Crippen molar-refractivity contribution in [2.45, 2.75) is 25.7 Å². The first-order valence-electron chi connectivity index (χ1n) is 8.57. The standard InChI is InChI=1S/C20H24N2O3/c1-24-18-9-6-14(12-19(18)25-2)10-11-21-20(23)22-17-8-7-15-4-3-5-16(15)13-17/h6-9,12-13H,3-5,10-11H2,1-2H3,(H2,21,22,23). The van der Waals surface area contributed by atoms with Crippen LogP contribution in [0, 0.1) is 0 Å². The number of anilines is 1.